The lowest BCUT2D eigenvalue weighted by Crippen LogP contribution is -2.25. The minimum atomic E-state index is -0.644. The van der Waals surface area contributed by atoms with Crippen LogP contribution in [0.2, 0.25) is 0 Å². The van der Waals surface area contributed by atoms with Crippen LogP contribution in [0, 0.1) is 29.4 Å². The third-order valence-corrected chi connectivity index (χ3v) is 7.42. The van der Waals surface area contributed by atoms with Gasteiger partial charge in [-0.2, -0.15) is 0 Å². The molecule has 2 aliphatic carbocycles. The summed E-state index contributed by atoms with van der Waals surface area (Å²) in [7, 11) is 0. The van der Waals surface area contributed by atoms with Gasteiger partial charge in [-0.3, -0.25) is 0 Å². The van der Waals surface area contributed by atoms with Crippen molar-refractivity contribution in [2.24, 2.45) is 17.8 Å². The summed E-state index contributed by atoms with van der Waals surface area (Å²) in [5.74, 6) is 1.93. The van der Waals surface area contributed by atoms with E-state index in [2.05, 4.69) is 13.8 Å². The van der Waals surface area contributed by atoms with Crippen molar-refractivity contribution in [1.82, 2.24) is 0 Å². The molecule has 0 bridgehead atoms. The van der Waals surface area contributed by atoms with Crippen molar-refractivity contribution in [3.8, 4) is 0 Å². The van der Waals surface area contributed by atoms with Gasteiger partial charge in [-0.15, -0.1) is 0 Å². The van der Waals surface area contributed by atoms with Crippen LogP contribution in [0.4, 0.5) is 8.78 Å². The molecule has 27 heavy (non-hydrogen) atoms. The largest absolute Gasteiger partial charge is 0.204 e. The molecule has 0 unspecified atom stereocenters. The van der Waals surface area contributed by atoms with E-state index < -0.39 is 11.6 Å². The Kier molecular flexibility index (Phi) is 7.73. The number of hydrogen-bond donors (Lipinski definition) is 0. The van der Waals surface area contributed by atoms with Gasteiger partial charge < -0.3 is 0 Å². The molecule has 2 saturated carbocycles. The first kappa shape index (κ1) is 20.8. The molecular formula is C25H38F2. The van der Waals surface area contributed by atoms with Crippen molar-refractivity contribution in [2.45, 2.75) is 103 Å². The van der Waals surface area contributed by atoms with Crippen LogP contribution in [0.1, 0.15) is 108 Å². The van der Waals surface area contributed by atoms with Crippen molar-refractivity contribution >= 4 is 0 Å². The standard InChI is InChI=1S/C25H38F2/c1-3-5-7-22-16-23(17-24(26)25(22)27)21-14-12-20(13-15-21)19-10-8-18(6-4-2)9-11-19/h16-21H,3-15H2,1-2H3. The Labute approximate surface area is 165 Å². The number of halogens is 2. The van der Waals surface area contributed by atoms with E-state index in [9.17, 15) is 8.78 Å². The molecule has 2 aliphatic rings. The van der Waals surface area contributed by atoms with Gasteiger partial charge in [0.25, 0.3) is 0 Å². The smallest absolute Gasteiger partial charge is 0.162 e. The molecule has 0 radical (unpaired) electrons. The molecule has 0 aromatic heterocycles. The molecule has 0 heterocycles. The van der Waals surface area contributed by atoms with Crippen LogP contribution in [0.3, 0.4) is 0 Å². The topological polar surface area (TPSA) is 0 Å². The molecule has 0 N–H and O–H groups in total. The average molecular weight is 377 g/mol. The second kappa shape index (κ2) is 10.0. The summed E-state index contributed by atoms with van der Waals surface area (Å²) in [6, 6.07) is 3.45. The highest BCUT2D eigenvalue weighted by Crippen LogP contribution is 2.44. The molecule has 0 atom stereocenters. The van der Waals surface area contributed by atoms with Crippen LogP contribution in [-0.4, -0.2) is 0 Å². The van der Waals surface area contributed by atoms with Crippen LogP contribution in [0.5, 0.6) is 0 Å². The van der Waals surface area contributed by atoms with E-state index >= 15 is 0 Å². The van der Waals surface area contributed by atoms with Gasteiger partial charge >= 0.3 is 0 Å². The van der Waals surface area contributed by atoms with Gasteiger partial charge in [0.05, 0.1) is 0 Å². The maximum atomic E-state index is 14.1. The van der Waals surface area contributed by atoms with E-state index in [1.807, 2.05) is 6.07 Å². The normalized spacial score (nSPS) is 29.0. The molecule has 3 rings (SSSR count). The summed E-state index contributed by atoms with van der Waals surface area (Å²) in [6.07, 6.45) is 15.9. The first-order valence-electron chi connectivity index (χ1n) is 11.6. The lowest BCUT2D eigenvalue weighted by Gasteiger charge is -2.38. The second-order valence-corrected chi connectivity index (χ2v) is 9.26. The molecular weight excluding hydrogens is 338 g/mol. The first-order valence-corrected chi connectivity index (χ1v) is 11.6. The van der Waals surface area contributed by atoms with Gasteiger partial charge in [0, 0.05) is 0 Å². The van der Waals surface area contributed by atoms with Crippen molar-refractivity contribution < 1.29 is 8.78 Å². The lowest BCUT2D eigenvalue weighted by molar-refractivity contribution is 0.156. The third kappa shape index (κ3) is 5.33. The number of rotatable bonds is 7. The molecule has 0 saturated heterocycles. The first-order chi connectivity index (χ1) is 13.1. The Hall–Kier alpha value is -0.920. The van der Waals surface area contributed by atoms with Crippen molar-refractivity contribution in [3.05, 3.63) is 34.9 Å². The summed E-state index contributed by atoms with van der Waals surface area (Å²) in [4.78, 5) is 0. The Balaban J connectivity index is 1.55. The highest BCUT2D eigenvalue weighted by molar-refractivity contribution is 5.29. The van der Waals surface area contributed by atoms with Gasteiger partial charge in [-0.1, -0.05) is 52.0 Å². The monoisotopic (exact) mass is 376 g/mol. The zero-order valence-electron chi connectivity index (χ0n) is 17.4. The Bertz CT molecular complexity index is 578. The van der Waals surface area contributed by atoms with E-state index in [0.717, 1.165) is 49.0 Å². The maximum absolute atomic E-state index is 14.1. The quantitative estimate of drug-likeness (QED) is 0.450. The summed E-state index contributed by atoms with van der Waals surface area (Å²) in [6.45, 7) is 4.40. The minimum absolute atomic E-state index is 0.424. The minimum Gasteiger partial charge on any atom is -0.204 e. The second-order valence-electron chi connectivity index (χ2n) is 9.26. The predicted octanol–water partition coefficient (Wildman–Crippen LogP) is 8.19. The van der Waals surface area contributed by atoms with Gasteiger partial charge in [-0.25, -0.2) is 8.78 Å². The fraction of sp³-hybridized carbons (Fsp3) is 0.760. The highest BCUT2D eigenvalue weighted by Gasteiger charge is 2.31. The fourth-order valence-corrected chi connectivity index (χ4v) is 5.73. The molecule has 2 heteroatoms. The third-order valence-electron chi connectivity index (χ3n) is 7.42. The number of benzene rings is 1. The average Bonchev–Trinajstić information content (AvgIpc) is 2.70. The van der Waals surface area contributed by atoms with Gasteiger partial charge in [0.15, 0.2) is 11.6 Å². The Morgan fingerprint density at radius 2 is 1.44 bits per heavy atom. The van der Waals surface area contributed by atoms with Crippen LogP contribution >= 0.6 is 0 Å². The van der Waals surface area contributed by atoms with E-state index in [-0.39, 0.29) is 0 Å². The molecule has 0 spiro atoms. The molecule has 0 amide bonds. The van der Waals surface area contributed by atoms with Gasteiger partial charge in [0.1, 0.15) is 0 Å². The Morgan fingerprint density at radius 1 is 0.815 bits per heavy atom. The van der Waals surface area contributed by atoms with Crippen LogP contribution in [0.15, 0.2) is 12.1 Å². The summed E-state index contributed by atoms with van der Waals surface area (Å²) < 4.78 is 28.2. The van der Waals surface area contributed by atoms with E-state index in [0.29, 0.717) is 17.9 Å². The molecule has 152 valence electrons. The summed E-state index contributed by atoms with van der Waals surface area (Å²) in [5, 5.41) is 0. The summed E-state index contributed by atoms with van der Waals surface area (Å²) in [5.41, 5.74) is 1.63. The number of unbranched alkanes of at least 4 members (excludes halogenated alkanes) is 1. The lowest BCUT2D eigenvalue weighted by atomic mass is 9.68. The zero-order valence-corrected chi connectivity index (χ0v) is 17.4. The van der Waals surface area contributed by atoms with E-state index in [4.69, 9.17) is 0 Å². The highest BCUT2D eigenvalue weighted by atomic mass is 19.2. The van der Waals surface area contributed by atoms with Crippen molar-refractivity contribution in [3.63, 3.8) is 0 Å². The SMILES string of the molecule is CCCCc1cc(C2CCC(C3CCC(CCC)CC3)CC2)cc(F)c1F. The van der Waals surface area contributed by atoms with Gasteiger partial charge in [-0.05, 0) is 92.2 Å². The molecule has 0 nitrogen and oxygen atoms in total. The molecule has 0 aliphatic heterocycles. The van der Waals surface area contributed by atoms with Crippen LogP contribution in [-0.2, 0) is 6.42 Å². The molecule has 1 aromatic rings. The van der Waals surface area contributed by atoms with Gasteiger partial charge in [0.2, 0.25) is 0 Å². The van der Waals surface area contributed by atoms with E-state index in [1.54, 1.807) is 0 Å². The predicted molar refractivity (Wildman–Crippen MR) is 110 cm³/mol. The number of hydrogen-bond acceptors (Lipinski definition) is 0. The fourth-order valence-electron chi connectivity index (χ4n) is 5.73. The maximum Gasteiger partial charge on any atom is 0.162 e. The Morgan fingerprint density at radius 3 is 2.04 bits per heavy atom. The van der Waals surface area contributed by atoms with Crippen molar-refractivity contribution in [1.29, 1.82) is 0 Å². The van der Waals surface area contributed by atoms with Crippen LogP contribution < -0.4 is 0 Å². The summed E-state index contributed by atoms with van der Waals surface area (Å²) >= 11 is 0. The zero-order chi connectivity index (χ0) is 19.2. The van der Waals surface area contributed by atoms with Crippen molar-refractivity contribution in [2.75, 3.05) is 0 Å². The van der Waals surface area contributed by atoms with E-state index in [1.165, 1.54) is 57.4 Å². The van der Waals surface area contributed by atoms with Crippen LogP contribution in [0.25, 0.3) is 0 Å². The molecule has 1 aromatic carbocycles. The molecule has 2 fully saturated rings. The number of aryl methyl sites for hydroxylation is 1.